The fourth-order valence-corrected chi connectivity index (χ4v) is 4.38. The number of allylic oxidation sites excluding steroid dienone is 2. The van der Waals surface area contributed by atoms with Crippen LogP contribution in [0.3, 0.4) is 0 Å². The highest BCUT2D eigenvalue weighted by Gasteiger charge is 2.19. The zero-order chi connectivity index (χ0) is 19.8. The normalized spacial score (nSPS) is 18.1. The van der Waals surface area contributed by atoms with Crippen molar-refractivity contribution in [2.24, 2.45) is 11.7 Å². The fraction of sp³-hybridized carbons (Fsp3) is 0.500. The molecule has 1 fully saturated rings. The number of primary amides is 1. The van der Waals surface area contributed by atoms with Gasteiger partial charge in [0.1, 0.15) is 5.75 Å². The Balaban J connectivity index is 1.47. The van der Waals surface area contributed by atoms with Crippen LogP contribution in [0.25, 0.3) is 0 Å². The molecule has 0 saturated carbocycles. The molecular weight excluding hydrogens is 372 g/mol. The topological polar surface area (TPSA) is 73.6 Å². The molecule has 0 atom stereocenters. The van der Waals surface area contributed by atoms with Crippen LogP contribution in [0.2, 0.25) is 0 Å². The van der Waals surface area contributed by atoms with Gasteiger partial charge in [-0.2, -0.15) is 0 Å². The van der Waals surface area contributed by atoms with Gasteiger partial charge in [0.15, 0.2) is 5.09 Å². The molecule has 3 rings (SSSR count). The van der Waals surface area contributed by atoms with Crippen LogP contribution in [-0.4, -0.2) is 25.7 Å². The number of ether oxygens (including phenoxy) is 2. The first-order chi connectivity index (χ1) is 13.7. The van der Waals surface area contributed by atoms with Crippen molar-refractivity contribution in [2.45, 2.75) is 45.6 Å². The van der Waals surface area contributed by atoms with Crippen molar-refractivity contribution in [3.63, 3.8) is 0 Å². The van der Waals surface area contributed by atoms with Crippen molar-refractivity contribution in [3.8, 4) is 5.75 Å². The van der Waals surface area contributed by atoms with E-state index in [1.165, 1.54) is 42.2 Å². The van der Waals surface area contributed by atoms with E-state index in [4.69, 9.17) is 15.2 Å². The van der Waals surface area contributed by atoms with Crippen molar-refractivity contribution in [3.05, 3.63) is 51.5 Å². The highest BCUT2D eigenvalue weighted by molar-refractivity contribution is 8.07. The Labute approximate surface area is 171 Å². The van der Waals surface area contributed by atoms with Gasteiger partial charge in [0.25, 0.3) is 5.91 Å². The van der Waals surface area contributed by atoms with Crippen molar-refractivity contribution in [2.75, 3.05) is 19.8 Å². The summed E-state index contributed by atoms with van der Waals surface area (Å²) in [6, 6.07) is 8.14. The third-order valence-electron chi connectivity index (χ3n) is 5.23. The monoisotopic (exact) mass is 402 g/mol. The number of carbonyl (C=O) groups excluding carboxylic acids is 1. The summed E-state index contributed by atoms with van der Waals surface area (Å²) in [5.74, 6) is 1.18. The summed E-state index contributed by atoms with van der Waals surface area (Å²) >= 11 is 1.32. The van der Waals surface area contributed by atoms with Gasteiger partial charge in [-0.1, -0.05) is 25.1 Å². The number of nitrogens with one attached hydrogen (secondary N) is 1. The second-order valence-corrected chi connectivity index (χ2v) is 8.27. The van der Waals surface area contributed by atoms with E-state index in [9.17, 15) is 4.79 Å². The number of thioether (sulfide) groups is 1. The Morgan fingerprint density at radius 2 is 2.04 bits per heavy atom. The van der Waals surface area contributed by atoms with Gasteiger partial charge in [0.05, 0.1) is 4.91 Å². The van der Waals surface area contributed by atoms with Crippen LogP contribution in [0.5, 0.6) is 5.75 Å². The lowest BCUT2D eigenvalue weighted by atomic mass is 9.97. The maximum atomic E-state index is 11.5. The molecule has 2 aliphatic heterocycles. The first kappa shape index (κ1) is 21.0. The van der Waals surface area contributed by atoms with Gasteiger partial charge in [-0.3, -0.25) is 4.79 Å². The molecule has 0 radical (unpaired) electrons. The van der Waals surface area contributed by atoms with Crippen LogP contribution >= 0.6 is 11.8 Å². The molecule has 6 heteroatoms. The van der Waals surface area contributed by atoms with Crippen molar-refractivity contribution < 1.29 is 14.3 Å². The number of nitrogens with two attached hydrogens (primary N) is 1. The van der Waals surface area contributed by atoms with E-state index in [1.54, 1.807) is 0 Å². The van der Waals surface area contributed by atoms with Crippen molar-refractivity contribution in [1.82, 2.24) is 5.32 Å². The van der Waals surface area contributed by atoms with Crippen LogP contribution in [0, 0.1) is 5.92 Å². The van der Waals surface area contributed by atoms with E-state index in [1.807, 2.05) is 18.2 Å². The van der Waals surface area contributed by atoms with Gasteiger partial charge in [0.2, 0.25) is 0 Å². The maximum Gasteiger partial charge on any atom is 0.255 e. The van der Waals surface area contributed by atoms with Crippen LogP contribution in [0.4, 0.5) is 0 Å². The average molecular weight is 403 g/mol. The molecule has 2 aliphatic rings. The Morgan fingerprint density at radius 1 is 1.29 bits per heavy atom. The van der Waals surface area contributed by atoms with Gasteiger partial charge in [-0.15, -0.1) is 0 Å². The lowest BCUT2D eigenvalue weighted by molar-refractivity contribution is -0.113. The van der Waals surface area contributed by atoms with E-state index < -0.39 is 5.91 Å². The lowest BCUT2D eigenvalue weighted by Gasteiger charge is -2.22. The molecule has 1 aromatic rings. The number of hydrogen-bond acceptors (Lipinski definition) is 5. The predicted molar refractivity (Wildman–Crippen MR) is 114 cm³/mol. The second-order valence-electron chi connectivity index (χ2n) is 7.25. The molecule has 5 nitrogen and oxygen atoms in total. The maximum absolute atomic E-state index is 11.5. The molecule has 0 aliphatic carbocycles. The van der Waals surface area contributed by atoms with Crippen molar-refractivity contribution in [1.29, 1.82) is 0 Å². The Kier molecular flexibility index (Phi) is 8.01. The molecule has 0 bridgehead atoms. The minimum absolute atomic E-state index is 0.400. The van der Waals surface area contributed by atoms with Gasteiger partial charge in [0, 0.05) is 19.8 Å². The zero-order valence-corrected chi connectivity index (χ0v) is 17.4. The number of carbonyl (C=O) groups is 1. The van der Waals surface area contributed by atoms with Gasteiger partial charge in [-0.25, -0.2) is 0 Å². The Hall–Kier alpha value is -1.76. The molecule has 1 amide bonds. The minimum Gasteiger partial charge on any atom is -0.450 e. The number of hydrogen-bond donors (Lipinski definition) is 2. The second kappa shape index (κ2) is 10.7. The van der Waals surface area contributed by atoms with Gasteiger partial charge < -0.3 is 20.5 Å². The van der Waals surface area contributed by atoms with E-state index in [0.29, 0.717) is 11.3 Å². The third-order valence-corrected chi connectivity index (χ3v) is 6.37. The molecule has 2 heterocycles. The summed E-state index contributed by atoms with van der Waals surface area (Å²) in [7, 11) is 0. The van der Waals surface area contributed by atoms with Crippen LogP contribution in [0.15, 0.2) is 45.9 Å². The molecule has 3 N–H and O–H groups in total. The van der Waals surface area contributed by atoms with Crippen molar-refractivity contribution >= 4 is 17.7 Å². The number of rotatable bonds is 9. The highest BCUT2D eigenvalue weighted by atomic mass is 32.2. The largest absolute Gasteiger partial charge is 0.450 e. The fourth-order valence-electron chi connectivity index (χ4n) is 3.40. The SMILES string of the molecule is CCC1=C(Oc2ccc(CNCCC3CCOCC3)cc2)SC(C(N)=O)=CC1. The van der Waals surface area contributed by atoms with E-state index in [2.05, 4.69) is 24.4 Å². The quantitative estimate of drug-likeness (QED) is 0.609. The standard InChI is InChI=1S/C22H30N2O3S/c1-2-18-5-8-20(21(23)25)28-22(18)27-19-6-3-17(4-7-19)15-24-12-9-16-10-13-26-14-11-16/h3-4,6-8,16,24H,2,5,9-15H2,1H3,(H2,23,25). The van der Waals surface area contributed by atoms with Gasteiger partial charge >= 0.3 is 0 Å². The number of amides is 1. The first-order valence-electron chi connectivity index (χ1n) is 10.1. The average Bonchev–Trinajstić information content (AvgIpc) is 2.73. The van der Waals surface area contributed by atoms with E-state index >= 15 is 0 Å². The molecular formula is C22H30N2O3S. The van der Waals surface area contributed by atoms with Crippen LogP contribution < -0.4 is 15.8 Å². The Bertz CT molecular complexity index is 722. The minimum atomic E-state index is -0.400. The molecule has 0 unspecified atom stereocenters. The zero-order valence-electron chi connectivity index (χ0n) is 16.5. The summed E-state index contributed by atoms with van der Waals surface area (Å²) in [5, 5.41) is 4.31. The lowest BCUT2D eigenvalue weighted by Crippen LogP contribution is -2.22. The van der Waals surface area contributed by atoms with E-state index in [0.717, 1.165) is 49.5 Å². The summed E-state index contributed by atoms with van der Waals surface area (Å²) in [5.41, 5.74) is 7.84. The first-order valence-corrected chi connectivity index (χ1v) is 10.9. The summed E-state index contributed by atoms with van der Waals surface area (Å²) < 4.78 is 11.5. The molecule has 1 saturated heterocycles. The smallest absolute Gasteiger partial charge is 0.255 e. The summed E-state index contributed by atoms with van der Waals surface area (Å²) in [6.45, 7) is 5.82. The third kappa shape index (κ3) is 6.12. The molecule has 0 aromatic heterocycles. The molecule has 1 aromatic carbocycles. The number of benzene rings is 1. The summed E-state index contributed by atoms with van der Waals surface area (Å²) in [4.78, 5) is 12.0. The van der Waals surface area contributed by atoms with Gasteiger partial charge in [-0.05, 0) is 79.6 Å². The highest BCUT2D eigenvalue weighted by Crippen LogP contribution is 2.37. The summed E-state index contributed by atoms with van der Waals surface area (Å²) in [6.07, 6.45) is 7.08. The predicted octanol–water partition coefficient (Wildman–Crippen LogP) is 4.10. The Morgan fingerprint density at radius 3 is 2.71 bits per heavy atom. The molecule has 28 heavy (non-hydrogen) atoms. The molecule has 152 valence electrons. The van der Waals surface area contributed by atoms with Crippen LogP contribution in [-0.2, 0) is 16.1 Å². The van der Waals surface area contributed by atoms with Crippen LogP contribution in [0.1, 0.15) is 44.6 Å². The van der Waals surface area contributed by atoms with E-state index in [-0.39, 0.29) is 0 Å². The molecule has 0 spiro atoms.